The molecular formula is C14H12ClN3O3S. The van der Waals surface area contributed by atoms with Crippen LogP contribution in [0.15, 0.2) is 63.1 Å². The van der Waals surface area contributed by atoms with Gasteiger partial charge in [0.05, 0.1) is 10.6 Å². The van der Waals surface area contributed by atoms with Crippen LogP contribution in [0.5, 0.6) is 0 Å². The number of amides is 1. The highest BCUT2D eigenvalue weighted by Gasteiger charge is 2.12. The first-order chi connectivity index (χ1) is 10.4. The Hall–Kier alpha value is -2.25. The molecular weight excluding hydrogens is 326 g/mol. The average molecular weight is 338 g/mol. The van der Waals surface area contributed by atoms with E-state index in [1.165, 1.54) is 31.2 Å². The van der Waals surface area contributed by atoms with Crippen molar-refractivity contribution in [2.24, 2.45) is 9.63 Å². The predicted molar refractivity (Wildman–Crippen MR) is 83.9 cm³/mol. The summed E-state index contributed by atoms with van der Waals surface area (Å²) in [6.45, 7) is 1.37. The van der Waals surface area contributed by atoms with Gasteiger partial charge in [0.15, 0.2) is 0 Å². The summed E-state index contributed by atoms with van der Waals surface area (Å²) in [5.74, 6) is -0.238. The fourth-order valence-corrected chi connectivity index (χ4v) is 2.47. The minimum Gasteiger partial charge on any atom is -0.326 e. The highest BCUT2D eigenvalue weighted by molar-refractivity contribution is 7.90. The van der Waals surface area contributed by atoms with Gasteiger partial charge in [-0.3, -0.25) is 4.79 Å². The summed E-state index contributed by atoms with van der Waals surface area (Å²) in [7, 11) is -3.90. The third-order valence-electron chi connectivity index (χ3n) is 2.56. The van der Waals surface area contributed by atoms with E-state index in [-0.39, 0.29) is 10.8 Å². The largest absolute Gasteiger partial charge is 0.326 e. The van der Waals surface area contributed by atoms with Crippen molar-refractivity contribution in [3.05, 3.63) is 53.6 Å². The molecule has 8 heteroatoms. The van der Waals surface area contributed by atoms with Crippen molar-refractivity contribution in [3.8, 4) is 0 Å². The Labute approximate surface area is 132 Å². The molecule has 1 N–H and O–H groups in total. The summed E-state index contributed by atoms with van der Waals surface area (Å²) in [6, 6.07) is 11.9. The van der Waals surface area contributed by atoms with Crippen LogP contribution >= 0.6 is 11.6 Å². The second-order valence-electron chi connectivity index (χ2n) is 4.34. The van der Waals surface area contributed by atoms with Crippen molar-refractivity contribution in [2.45, 2.75) is 11.8 Å². The molecule has 0 spiro atoms. The number of hydrogen-bond donors (Lipinski definition) is 1. The zero-order valence-electron chi connectivity index (χ0n) is 11.5. The average Bonchev–Trinajstić information content (AvgIpc) is 2.47. The monoisotopic (exact) mass is 337 g/mol. The van der Waals surface area contributed by atoms with Gasteiger partial charge in [0.2, 0.25) is 5.91 Å². The molecule has 0 fully saturated rings. The summed E-state index contributed by atoms with van der Waals surface area (Å²) in [6.07, 6.45) is 0. The van der Waals surface area contributed by atoms with Gasteiger partial charge in [0.25, 0.3) is 10.0 Å². The maximum atomic E-state index is 12.0. The van der Waals surface area contributed by atoms with E-state index in [4.69, 9.17) is 11.6 Å². The molecule has 0 saturated heterocycles. The summed E-state index contributed by atoms with van der Waals surface area (Å²) in [4.78, 5) is 10.9. The van der Waals surface area contributed by atoms with Crippen LogP contribution in [0.25, 0.3) is 0 Å². The van der Waals surface area contributed by atoms with Crippen LogP contribution in [0.1, 0.15) is 6.92 Å². The molecule has 2 aromatic carbocycles. The smallest absolute Gasteiger partial charge is 0.299 e. The summed E-state index contributed by atoms with van der Waals surface area (Å²) in [5, 5.41) is 6.74. The normalized spacial score (nSPS) is 11.5. The third kappa shape index (κ3) is 4.37. The van der Waals surface area contributed by atoms with E-state index in [0.29, 0.717) is 16.4 Å². The van der Waals surface area contributed by atoms with Crippen molar-refractivity contribution in [2.75, 3.05) is 5.32 Å². The number of nitrogens with zero attached hydrogens (tertiary/aromatic N) is 2. The van der Waals surface area contributed by atoms with Gasteiger partial charge in [-0.1, -0.05) is 16.1 Å². The molecule has 1 amide bonds. The third-order valence-corrected chi connectivity index (χ3v) is 3.98. The van der Waals surface area contributed by atoms with E-state index in [2.05, 4.69) is 15.0 Å². The van der Waals surface area contributed by atoms with Crippen LogP contribution in [-0.2, 0) is 14.8 Å². The maximum absolute atomic E-state index is 12.0. The standard InChI is InChI=1S/C14H12ClN3O3S/c1-10(19)16-12-6-8-14(9-7-12)22(20,21)18-17-13-4-2-11(15)3-5-13/h2-9H,1H3,(H,16,19). The molecule has 2 rings (SSSR count). The van der Waals surface area contributed by atoms with Gasteiger partial charge in [-0.25, -0.2) is 0 Å². The van der Waals surface area contributed by atoms with Gasteiger partial charge in [-0.15, -0.1) is 5.11 Å². The Morgan fingerprint density at radius 1 is 1.05 bits per heavy atom. The molecule has 0 heterocycles. The van der Waals surface area contributed by atoms with Gasteiger partial charge in [-0.2, -0.15) is 8.42 Å². The fourth-order valence-electron chi connectivity index (χ4n) is 1.57. The van der Waals surface area contributed by atoms with Gasteiger partial charge in [0, 0.05) is 17.6 Å². The first-order valence-electron chi connectivity index (χ1n) is 6.18. The SMILES string of the molecule is CC(=O)Nc1ccc(S(=O)(=O)N=Nc2ccc(Cl)cc2)cc1. The van der Waals surface area contributed by atoms with Crippen LogP contribution in [0.2, 0.25) is 5.02 Å². The molecule has 0 radical (unpaired) electrons. The molecule has 0 aromatic heterocycles. The fraction of sp³-hybridized carbons (Fsp3) is 0.0714. The zero-order chi connectivity index (χ0) is 16.2. The maximum Gasteiger partial charge on any atom is 0.299 e. The molecule has 6 nitrogen and oxygen atoms in total. The quantitative estimate of drug-likeness (QED) is 0.861. The molecule has 0 unspecified atom stereocenters. The van der Waals surface area contributed by atoms with E-state index < -0.39 is 10.0 Å². The van der Waals surface area contributed by atoms with E-state index in [1.807, 2.05) is 0 Å². The first kappa shape index (κ1) is 16.1. The molecule has 0 bridgehead atoms. The molecule has 0 atom stereocenters. The molecule has 2 aromatic rings. The number of carbonyl (C=O) groups excluding carboxylic acids is 1. The summed E-state index contributed by atoms with van der Waals surface area (Å²) >= 11 is 5.73. The van der Waals surface area contributed by atoms with Crippen molar-refractivity contribution in [3.63, 3.8) is 0 Å². The Bertz CT molecular complexity index is 800. The number of nitrogens with one attached hydrogen (secondary N) is 1. The second kappa shape index (κ2) is 6.67. The number of carbonyl (C=O) groups is 1. The van der Waals surface area contributed by atoms with Gasteiger partial charge < -0.3 is 5.32 Å². The lowest BCUT2D eigenvalue weighted by atomic mass is 10.3. The Morgan fingerprint density at radius 3 is 2.18 bits per heavy atom. The summed E-state index contributed by atoms with van der Waals surface area (Å²) in [5.41, 5.74) is 0.879. The second-order valence-corrected chi connectivity index (χ2v) is 6.36. The first-order valence-corrected chi connectivity index (χ1v) is 8.00. The Kier molecular flexibility index (Phi) is 4.89. The molecule has 0 aliphatic heterocycles. The summed E-state index contributed by atoms with van der Waals surface area (Å²) < 4.78 is 27.4. The minimum atomic E-state index is -3.90. The molecule has 0 saturated carbocycles. The number of halogens is 1. The van der Waals surface area contributed by atoms with Crippen LogP contribution in [0, 0.1) is 0 Å². The van der Waals surface area contributed by atoms with E-state index in [0.717, 1.165) is 0 Å². The Morgan fingerprint density at radius 2 is 1.64 bits per heavy atom. The highest BCUT2D eigenvalue weighted by atomic mass is 35.5. The number of sulfonamides is 1. The van der Waals surface area contributed by atoms with E-state index in [1.54, 1.807) is 24.3 Å². The van der Waals surface area contributed by atoms with Gasteiger partial charge in [0.1, 0.15) is 0 Å². The van der Waals surface area contributed by atoms with Crippen LogP contribution < -0.4 is 5.32 Å². The van der Waals surface area contributed by atoms with Crippen molar-refractivity contribution in [1.82, 2.24) is 0 Å². The van der Waals surface area contributed by atoms with Crippen molar-refractivity contribution >= 4 is 38.9 Å². The lowest BCUT2D eigenvalue weighted by Crippen LogP contribution is -2.05. The highest BCUT2D eigenvalue weighted by Crippen LogP contribution is 2.20. The number of anilines is 1. The predicted octanol–water partition coefficient (Wildman–Crippen LogP) is 3.77. The number of benzene rings is 2. The van der Waals surface area contributed by atoms with Gasteiger partial charge in [-0.05, 0) is 48.5 Å². The van der Waals surface area contributed by atoms with E-state index in [9.17, 15) is 13.2 Å². The van der Waals surface area contributed by atoms with Crippen molar-refractivity contribution < 1.29 is 13.2 Å². The molecule has 0 aliphatic rings. The molecule has 0 aliphatic carbocycles. The lowest BCUT2D eigenvalue weighted by molar-refractivity contribution is -0.114. The van der Waals surface area contributed by atoms with E-state index >= 15 is 0 Å². The zero-order valence-corrected chi connectivity index (χ0v) is 13.1. The molecule has 114 valence electrons. The lowest BCUT2D eigenvalue weighted by Gasteiger charge is -2.02. The van der Waals surface area contributed by atoms with Crippen LogP contribution in [0.4, 0.5) is 11.4 Å². The van der Waals surface area contributed by atoms with Crippen LogP contribution in [0.3, 0.4) is 0 Å². The van der Waals surface area contributed by atoms with Gasteiger partial charge >= 0.3 is 0 Å². The minimum absolute atomic E-state index is 0.0145. The van der Waals surface area contributed by atoms with Crippen LogP contribution in [-0.4, -0.2) is 14.3 Å². The Balaban J connectivity index is 2.19. The number of rotatable bonds is 4. The number of hydrogen-bond acceptors (Lipinski definition) is 4. The van der Waals surface area contributed by atoms with Crippen molar-refractivity contribution in [1.29, 1.82) is 0 Å². The molecule has 22 heavy (non-hydrogen) atoms. The topological polar surface area (TPSA) is 88.0 Å².